The number of rotatable bonds is 8. The second kappa shape index (κ2) is 10.7. The van der Waals surface area contributed by atoms with Gasteiger partial charge in [0.2, 0.25) is 11.8 Å². The number of hydrogen-bond acceptors (Lipinski definition) is 11. The van der Waals surface area contributed by atoms with Crippen LogP contribution in [-0.4, -0.2) is 66.2 Å². The number of ether oxygens (including phenoxy) is 2. The van der Waals surface area contributed by atoms with E-state index in [1.165, 1.54) is 12.1 Å². The van der Waals surface area contributed by atoms with E-state index in [1.807, 2.05) is 18.2 Å². The molecule has 0 aliphatic carbocycles. The molecule has 4 N–H and O–H groups in total. The van der Waals surface area contributed by atoms with Crippen LogP contribution in [0.25, 0.3) is 0 Å². The summed E-state index contributed by atoms with van der Waals surface area (Å²) < 4.78 is 10.4. The normalized spacial score (nSPS) is 13.7. The number of primary amides is 1. The highest BCUT2D eigenvalue weighted by Gasteiger charge is 2.20. The van der Waals surface area contributed by atoms with E-state index in [0.29, 0.717) is 17.1 Å². The maximum atomic E-state index is 11.6. The van der Waals surface area contributed by atoms with E-state index in [1.54, 1.807) is 19.2 Å². The number of amides is 1. The van der Waals surface area contributed by atoms with Crippen LogP contribution < -0.4 is 30.7 Å². The zero-order valence-corrected chi connectivity index (χ0v) is 19.8. The molecule has 2 heterocycles. The fourth-order valence-electron chi connectivity index (χ4n) is 3.72. The largest absolute Gasteiger partial charge is 0.494 e. The van der Waals surface area contributed by atoms with Gasteiger partial charge >= 0.3 is 11.8 Å². The van der Waals surface area contributed by atoms with E-state index in [2.05, 4.69) is 37.4 Å². The van der Waals surface area contributed by atoms with Gasteiger partial charge in [-0.05, 0) is 31.3 Å². The lowest BCUT2D eigenvalue weighted by Crippen LogP contribution is -2.44. The zero-order chi connectivity index (χ0) is 25.7. The van der Waals surface area contributed by atoms with Crippen molar-refractivity contribution in [1.82, 2.24) is 14.9 Å². The van der Waals surface area contributed by atoms with Crippen molar-refractivity contribution in [3.05, 3.63) is 58.8 Å². The van der Waals surface area contributed by atoms with Crippen LogP contribution >= 0.6 is 0 Å². The van der Waals surface area contributed by atoms with Gasteiger partial charge in [-0.15, -0.1) is 0 Å². The molecular formula is C23H26N8O5. The number of piperazine rings is 1. The minimum Gasteiger partial charge on any atom is -0.494 e. The molecule has 3 aromatic rings. The SMILES string of the molecule is COc1cc(N2CCN(C)CC2)ccc1Nc1ncc([N+](=O)[O-])c(Nc2cccc(OC(N)=O)c2)n1. The zero-order valence-electron chi connectivity index (χ0n) is 19.8. The summed E-state index contributed by atoms with van der Waals surface area (Å²) in [5.74, 6) is 0.826. The third kappa shape index (κ3) is 5.88. The molecule has 1 aromatic heterocycles. The molecule has 1 aliphatic rings. The Hall–Kier alpha value is -4.65. The molecule has 36 heavy (non-hydrogen) atoms. The predicted molar refractivity (Wildman–Crippen MR) is 135 cm³/mol. The Balaban J connectivity index is 1.57. The van der Waals surface area contributed by atoms with Crippen LogP contribution in [0.3, 0.4) is 0 Å². The quantitative estimate of drug-likeness (QED) is 0.312. The molecule has 0 spiro atoms. The van der Waals surface area contributed by atoms with Gasteiger partial charge in [0, 0.05) is 49.7 Å². The molecule has 2 aromatic carbocycles. The van der Waals surface area contributed by atoms with Gasteiger partial charge in [0.1, 0.15) is 17.7 Å². The molecule has 13 heteroatoms. The van der Waals surface area contributed by atoms with Crippen LogP contribution in [-0.2, 0) is 0 Å². The predicted octanol–water partition coefficient (Wildman–Crippen LogP) is 3.09. The molecule has 1 fully saturated rings. The molecule has 0 atom stereocenters. The number of benzene rings is 2. The first-order chi connectivity index (χ1) is 17.3. The summed E-state index contributed by atoms with van der Waals surface area (Å²) >= 11 is 0. The van der Waals surface area contributed by atoms with Gasteiger partial charge in [-0.25, -0.2) is 9.78 Å². The number of likely N-dealkylation sites (N-methyl/N-ethyl adjacent to an activating group) is 1. The number of nitrogens with zero attached hydrogens (tertiary/aromatic N) is 5. The Bertz CT molecular complexity index is 1260. The van der Waals surface area contributed by atoms with Crippen LogP contribution in [0.5, 0.6) is 11.5 Å². The van der Waals surface area contributed by atoms with Crippen molar-refractivity contribution in [2.75, 3.05) is 55.9 Å². The van der Waals surface area contributed by atoms with Crippen molar-refractivity contribution in [1.29, 1.82) is 0 Å². The lowest BCUT2D eigenvalue weighted by atomic mass is 10.2. The number of carbonyl (C=O) groups excluding carboxylic acids is 1. The van der Waals surface area contributed by atoms with Gasteiger partial charge < -0.3 is 35.6 Å². The highest BCUT2D eigenvalue weighted by molar-refractivity contribution is 5.72. The van der Waals surface area contributed by atoms with E-state index in [0.717, 1.165) is 38.1 Å². The number of methoxy groups -OCH3 is 1. The molecule has 0 radical (unpaired) electrons. The highest BCUT2D eigenvalue weighted by Crippen LogP contribution is 2.33. The second-order valence-electron chi connectivity index (χ2n) is 8.06. The molecule has 188 valence electrons. The fourth-order valence-corrected chi connectivity index (χ4v) is 3.72. The van der Waals surface area contributed by atoms with E-state index >= 15 is 0 Å². The Morgan fingerprint density at radius 2 is 1.92 bits per heavy atom. The molecule has 1 aliphatic heterocycles. The van der Waals surface area contributed by atoms with Gasteiger partial charge in [-0.3, -0.25) is 10.1 Å². The number of nitrogens with two attached hydrogens (primary N) is 1. The smallest absolute Gasteiger partial charge is 0.409 e. The summed E-state index contributed by atoms with van der Waals surface area (Å²) in [6, 6.07) is 12.0. The summed E-state index contributed by atoms with van der Waals surface area (Å²) in [5, 5.41) is 17.5. The molecular weight excluding hydrogens is 468 g/mol. The van der Waals surface area contributed by atoms with Crippen molar-refractivity contribution < 1.29 is 19.2 Å². The monoisotopic (exact) mass is 494 g/mol. The van der Waals surface area contributed by atoms with Crippen molar-refractivity contribution >= 4 is 40.6 Å². The molecule has 0 bridgehead atoms. The number of aromatic nitrogens is 2. The standard InChI is InChI=1S/C23H26N8O5/c1-29-8-10-30(11-9-29)16-6-7-18(20(13-16)35-2)27-23-25-14-19(31(33)34)21(28-23)26-15-4-3-5-17(12-15)36-22(24)32/h3-7,12-14H,8-11H2,1-2H3,(H2,24,32)(H2,25,26,27,28). The first-order valence-corrected chi connectivity index (χ1v) is 11.1. The lowest BCUT2D eigenvalue weighted by Gasteiger charge is -2.34. The Kier molecular flexibility index (Phi) is 7.30. The molecule has 1 amide bonds. The van der Waals surface area contributed by atoms with Gasteiger partial charge in [-0.1, -0.05) is 6.07 Å². The number of anilines is 5. The highest BCUT2D eigenvalue weighted by atomic mass is 16.6. The second-order valence-corrected chi connectivity index (χ2v) is 8.06. The maximum Gasteiger partial charge on any atom is 0.409 e. The van der Waals surface area contributed by atoms with Gasteiger partial charge in [0.25, 0.3) is 0 Å². The summed E-state index contributed by atoms with van der Waals surface area (Å²) in [6.07, 6.45) is 0.131. The Morgan fingerprint density at radius 1 is 1.14 bits per heavy atom. The van der Waals surface area contributed by atoms with Crippen molar-refractivity contribution in [3.8, 4) is 11.5 Å². The van der Waals surface area contributed by atoms with E-state index in [4.69, 9.17) is 15.2 Å². The Labute approximate surface area is 207 Å². The first kappa shape index (κ1) is 24.5. The van der Waals surface area contributed by atoms with Crippen LogP contribution in [0.15, 0.2) is 48.7 Å². The average Bonchev–Trinajstić information content (AvgIpc) is 2.84. The number of nitro groups is 1. The van der Waals surface area contributed by atoms with E-state index in [-0.39, 0.29) is 23.2 Å². The lowest BCUT2D eigenvalue weighted by molar-refractivity contribution is -0.384. The van der Waals surface area contributed by atoms with Crippen molar-refractivity contribution in [2.45, 2.75) is 0 Å². The number of carbonyl (C=O) groups is 1. The number of hydrogen-bond donors (Lipinski definition) is 3. The van der Waals surface area contributed by atoms with Crippen LogP contribution in [0, 0.1) is 10.1 Å². The summed E-state index contributed by atoms with van der Waals surface area (Å²) in [7, 11) is 3.67. The Morgan fingerprint density at radius 3 is 2.61 bits per heavy atom. The van der Waals surface area contributed by atoms with Crippen LogP contribution in [0.4, 0.5) is 39.3 Å². The van der Waals surface area contributed by atoms with Gasteiger partial charge in [0.15, 0.2) is 0 Å². The number of nitrogens with one attached hydrogen (secondary N) is 2. The van der Waals surface area contributed by atoms with Gasteiger partial charge in [-0.2, -0.15) is 4.98 Å². The van der Waals surface area contributed by atoms with Crippen molar-refractivity contribution in [3.63, 3.8) is 0 Å². The van der Waals surface area contributed by atoms with E-state index in [9.17, 15) is 14.9 Å². The third-order valence-electron chi connectivity index (χ3n) is 5.58. The van der Waals surface area contributed by atoms with Crippen LogP contribution in [0.2, 0.25) is 0 Å². The molecule has 13 nitrogen and oxygen atoms in total. The topological polar surface area (TPSA) is 161 Å². The summed E-state index contributed by atoms with van der Waals surface area (Å²) in [5.41, 5.74) is 6.76. The minimum atomic E-state index is -0.973. The summed E-state index contributed by atoms with van der Waals surface area (Å²) in [6.45, 7) is 3.79. The minimum absolute atomic E-state index is 0.0539. The van der Waals surface area contributed by atoms with Gasteiger partial charge in [0.05, 0.1) is 17.7 Å². The maximum absolute atomic E-state index is 11.6. The third-order valence-corrected chi connectivity index (χ3v) is 5.58. The van der Waals surface area contributed by atoms with Crippen molar-refractivity contribution in [2.24, 2.45) is 5.73 Å². The van der Waals surface area contributed by atoms with Crippen LogP contribution in [0.1, 0.15) is 0 Å². The molecule has 0 saturated carbocycles. The molecule has 4 rings (SSSR count). The van der Waals surface area contributed by atoms with E-state index < -0.39 is 11.0 Å². The summed E-state index contributed by atoms with van der Waals surface area (Å²) in [4.78, 5) is 34.9. The first-order valence-electron chi connectivity index (χ1n) is 11.1. The fraction of sp³-hybridized carbons (Fsp3) is 0.261. The average molecular weight is 495 g/mol. The molecule has 0 unspecified atom stereocenters. The molecule has 1 saturated heterocycles.